The van der Waals surface area contributed by atoms with Gasteiger partial charge in [0.2, 0.25) is 0 Å². The number of nitrogens with one attached hydrogen (secondary N) is 1. The van der Waals surface area contributed by atoms with E-state index in [0.717, 1.165) is 0 Å². The van der Waals surface area contributed by atoms with Crippen molar-refractivity contribution in [2.45, 2.75) is 20.8 Å². The highest BCUT2D eigenvalue weighted by Gasteiger charge is 2.15. The predicted molar refractivity (Wildman–Crippen MR) is 86.4 cm³/mol. The first-order valence-electron chi connectivity index (χ1n) is 7.31. The Morgan fingerprint density at radius 3 is 2.40 bits per heavy atom. The van der Waals surface area contributed by atoms with Crippen molar-refractivity contribution in [1.82, 2.24) is 19.6 Å². The number of aromatic amines is 1. The van der Waals surface area contributed by atoms with Crippen LogP contribution >= 0.6 is 0 Å². The van der Waals surface area contributed by atoms with Crippen LogP contribution in [0.4, 0.5) is 0 Å². The summed E-state index contributed by atoms with van der Waals surface area (Å²) in [5.74, 6) is -0.373. The Balaban J connectivity index is 2.10. The number of benzene rings is 1. The Morgan fingerprint density at radius 1 is 1.04 bits per heavy atom. The molecule has 2 aromatic heterocycles. The van der Waals surface area contributed by atoms with E-state index >= 15 is 0 Å². The largest absolute Gasteiger partial charge is 0.423 e. The van der Waals surface area contributed by atoms with Gasteiger partial charge in [-0.2, -0.15) is 9.50 Å². The zero-order chi connectivity index (χ0) is 18.1. The summed E-state index contributed by atoms with van der Waals surface area (Å²) in [6, 6.07) is 5.95. The first-order chi connectivity index (χ1) is 11.8. The average Bonchev–Trinajstić information content (AvgIpc) is 2.92. The molecule has 0 atom stereocenters. The van der Waals surface area contributed by atoms with Crippen molar-refractivity contribution >= 4 is 17.7 Å². The monoisotopic (exact) mass is 342 g/mol. The number of nitrogens with zero attached hydrogens (tertiary/aromatic N) is 3. The number of aromatic nitrogens is 4. The molecule has 1 N–H and O–H groups in total. The molecule has 0 fully saturated rings. The van der Waals surface area contributed by atoms with Crippen LogP contribution in [-0.2, 0) is 9.59 Å². The van der Waals surface area contributed by atoms with E-state index in [1.807, 2.05) is 0 Å². The van der Waals surface area contributed by atoms with Gasteiger partial charge < -0.3 is 9.47 Å². The van der Waals surface area contributed by atoms with Gasteiger partial charge in [0.25, 0.3) is 11.3 Å². The summed E-state index contributed by atoms with van der Waals surface area (Å²) in [6.45, 7) is 4.17. The maximum absolute atomic E-state index is 12.0. The number of rotatable bonds is 3. The Bertz CT molecular complexity index is 1050. The lowest BCUT2D eigenvalue weighted by atomic mass is 10.2. The number of fused-ring (bicyclic) bond motifs is 1. The first-order valence-corrected chi connectivity index (χ1v) is 7.31. The minimum absolute atomic E-state index is 0.0668. The smallest absolute Gasteiger partial charge is 0.308 e. The maximum Gasteiger partial charge on any atom is 0.308 e. The van der Waals surface area contributed by atoms with Crippen molar-refractivity contribution in [2.24, 2.45) is 0 Å². The first kappa shape index (κ1) is 16.4. The van der Waals surface area contributed by atoms with Crippen LogP contribution in [0.1, 0.15) is 19.5 Å². The number of hydrogen-bond donors (Lipinski definition) is 1. The highest BCUT2D eigenvalue weighted by molar-refractivity contribution is 5.75. The van der Waals surface area contributed by atoms with Gasteiger partial charge in [-0.05, 0) is 25.1 Å². The Labute approximate surface area is 141 Å². The molecule has 25 heavy (non-hydrogen) atoms. The van der Waals surface area contributed by atoms with E-state index in [4.69, 9.17) is 9.47 Å². The third-order valence-corrected chi connectivity index (χ3v) is 3.18. The quantitative estimate of drug-likeness (QED) is 0.562. The molecule has 0 aliphatic rings. The van der Waals surface area contributed by atoms with E-state index < -0.39 is 11.9 Å². The second-order valence-electron chi connectivity index (χ2n) is 5.29. The molecule has 0 radical (unpaired) electrons. The van der Waals surface area contributed by atoms with Gasteiger partial charge in [-0.15, -0.1) is 0 Å². The highest BCUT2D eigenvalue weighted by atomic mass is 16.6. The summed E-state index contributed by atoms with van der Waals surface area (Å²) < 4.78 is 11.3. The molecule has 3 aromatic rings. The Morgan fingerprint density at radius 2 is 1.72 bits per heavy atom. The lowest BCUT2D eigenvalue weighted by molar-refractivity contribution is -0.134. The number of H-pyrrole nitrogens is 1. The summed E-state index contributed by atoms with van der Waals surface area (Å²) in [7, 11) is 0. The van der Waals surface area contributed by atoms with E-state index in [2.05, 4.69) is 15.1 Å². The molecule has 0 unspecified atom stereocenters. The van der Waals surface area contributed by atoms with Gasteiger partial charge in [0.05, 0.1) is 0 Å². The van der Waals surface area contributed by atoms with Gasteiger partial charge in [-0.1, -0.05) is 0 Å². The summed E-state index contributed by atoms with van der Waals surface area (Å²) in [5.41, 5.74) is 0.779. The second-order valence-corrected chi connectivity index (χ2v) is 5.29. The fourth-order valence-electron chi connectivity index (χ4n) is 2.25. The van der Waals surface area contributed by atoms with Crippen LogP contribution < -0.4 is 15.0 Å². The minimum Gasteiger partial charge on any atom is -0.423 e. The molecular formula is C16H14N4O5. The molecule has 9 heteroatoms. The summed E-state index contributed by atoms with van der Waals surface area (Å²) in [6.07, 6.45) is 0. The molecule has 0 bridgehead atoms. The SMILES string of the molecule is CC(=O)Oc1ccc(-c2nc3nc(C)cc(=O)n3[nH]2)cc1OC(C)=O. The summed E-state index contributed by atoms with van der Waals surface area (Å²) >= 11 is 0. The average molecular weight is 342 g/mol. The topological polar surface area (TPSA) is 116 Å². The molecule has 0 spiro atoms. The normalized spacial score (nSPS) is 10.7. The van der Waals surface area contributed by atoms with Crippen molar-refractivity contribution in [3.63, 3.8) is 0 Å². The van der Waals surface area contributed by atoms with Crippen molar-refractivity contribution in [3.05, 3.63) is 40.3 Å². The molecule has 0 saturated carbocycles. The van der Waals surface area contributed by atoms with Crippen LogP contribution in [0.3, 0.4) is 0 Å². The Kier molecular flexibility index (Phi) is 4.05. The molecule has 128 valence electrons. The number of ether oxygens (including phenoxy) is 2. The van der Waals surface area contributed by atoms with Crippen LogP contribution in [0.15, 0.2) is 29.1 Å². The van der Waals surface area contributed by atoms with E-state index in [-0.39, 0.29) is 22.8 Å². The number of carbonyl (C=O) groups excluding carboxylic acids is 2. The van der Waals surface area contributed by atoms with Gasteiger partial charge in [-0.3, -0.25) is 19.5 Å². The fraction of sp³-hybridized carbons (Fsp3) is 0.188. The number of esters is 2. The fourth-order valence-corrected chi connectivity index (χ4v) is 2.25. The molecule has 0 amide bonds. The van der Waals surface area contributed by atoms with E-state index in [9.17, 15) is 14.4 Å². The van der Waals surface area contributed by atoms with E-state index in [0.29, 0.717) is 17.1 Å². The van der Waals surface area contributed by atoms with Gasteiger partial charge in [0, 0.05) is 31.2 Å². The number of hydrogen-bond acceptors (Lipinski definition) is 7. The van der Waals surface area contributed by atoms with Crippen LogP contribution in [0.25, 0.3) is 17.2 Å². The van der Waals surface area contributed by atoms with Crippen LogP contribution in [-0.4, -0.2) is 31.5 Å². The standard InChI is InChI=1S/C16H14N4O5/c1-8-6-14(23)20-16(17-8)18-15(19-20)11-4-5-12(24-9(2)21)13(7-11)25-10(3)22/h4-7H,1-3H3,(H,17,18,19). The predicted octanol–water partition coefficient (Wildman–Crippen LogP) is 1.24. The number of carbonyl (C=O) groups is 2. The van der Waals surface area contributed by atoms with Crippen LogP contribution in [0, 0.1) is 6.92 Å². The molecular weight excluding hydrogens is 328 g/mol. The van der Waals surface area contributed by atoms with Gasteiger partial charge in [-0.25, -0.2) is 4.98 Å². The molecule has 9 nitrogen and oxygen atoms in total. The lowest BCUT2D eigenvalue weighted by Crippen LogP contribution is -2.14. The summed E-state index contributed by atoms with van der Waals surface area (Å²) in [4.78, 5) is 42.8. The Hall–Kier alpha value is -3.49. The third kappa shape index (κ3) is 3.39. The zero-order valence-electron chi connectivity index (χ0n) is 13.7. The second kappa shape index (κ2) is 6.19. The van der Waals surface area contributed by atoms with Crippen molar-refractivity contribution in [1.29, 1.82) is 0 Å². The van der Waals surface area contributed by atoms with Gasteiger partial charge in [0.15, 0.2) is 17.3 Å². The lowest BCUT2D eigenvalue weighted by Gasteiger charge is -2.09. The minimum atomic E-state index is -0.566. The third-order valence-electron chi connectivity index (χ3n) is 3.18. The van der Waals surface area contributed by atoms with E-state index in [1.165, 1.54) is 36.6 Å². The summed E-state index contributed by atoms with van der Waals surface area (Å²) in [5, 5.41) is 2.83. The van der Waals surface area contributed by atoms with Crippen LogP contribution in [0.5, 0.6) is 11.5 Å². The highest BCUT2D eigenvalue weighted by Crippen LogP contribution is 2.32. The van der Waals surface area contributed by atoms with Gasteiger partial charge in [0.1, 0.15) is 0 Å². The zero-order valence-corrected chi connectivity index (χ0v) is 13.7. The van der Waals surface area contributed by atoms with Crippen molar-refractivity contribution in [2.75, 3.05) is 0 Å². The molecule has 0 aliphatic heterocycles. The van der Waals surface area contributed by atoms with Crippen LogP contribution in [0.2, 0.25) is 0 Å². The molecule has 2 heterocycles. The molecule has 1 aromatic carbocycles. The van der Waals surface area contributed by atoms with Crippen molar-refractivity contribution < 1.29 is 19.1 Å². The van der Waals surface area contributed by atoms with Gasteiger partial charge >= 0.3 is 11.9 Å². The maximum atomic E-state index is 12.0. The molecule has 0 saturated heterocycles. The molecule has 0 aliphatic carbocycles. The number of aryl methyl sites for hydroxylation is 1. The van der Waals surface area contributed by atoms with Crippen molar-refractivity contribution in [3.8, 4) is 22.9 Å². The van der Waals surface area contributed by atoms with E-state index in [1.54, 1.807) is 13.0 Å². The molecule has 3 rings (SSSR count).